The molecule has 2 aromatic carbocycles. The number of nitriles is 1. The average molecular weight is 431 g/mol. The molecular weight excluding hydrogens is 416 g/mol. The SMILES string of the molecule is N#Cc1ccc2ncn(-c3cncc(NC4CCc5cc(Br)ccc54)n3)c2c1. The highest BCUT2D eigenvalue weighted by Crippen LogP contribution is 2.35. The van der Waals surface area contributed by atoms with Gasteiger partial charge in [0.05, 0.1) is 41.1 Å². The number of aromatic nitrogens is 4. The van der Waals surface area contributed by atoms with Crippen LogP contribution < -0.4 is 5.32 Å². The topological polar surface area (TPSA) is 79.4 Å². The van der Waals surface area contributed by atoms with Gasteiger partial charge in [-0.25, -0.2) is 9.97 Å². The summed E-state index contributed by atoms with van der Waals surface area (Å²) in [6.45, 7) is 0. The first kappa shape index (κ1) is 16.9. The van der Waals surface area contributed by atoms with Crippen LogP contribution in [0.2, 0.25) is 0 Å². The molecule has 28 heavy (non-hydrogen) atoms. The van der Waals surface area contributed by atoms with Crippen molar-refractivity contribution in [2.24, 2.45) is 0 Å². The van der Waals surface area contributed by atoms with Crippen LogP contribution in [0, 0.1) is 11.3 Å². The summed E-state index contributed by atoms with van der Waals surface area (Å²) in [5.41, 5.74) is 4.91. The number of halogens is 1. The van der Waals surface area contributed by atoms with Gasteiger partial charge >= 0.3 is 0 Å². The first-order valence-corrected chi connectivity index (χ1v) is 9.75. The maximum absolute atomic E-state index is 9.18. The molecule has 0 radical (unpaired) electrons. The fraction of sp³-hybridized carbons (Fsp3) is 0.143. The van der Waals surface area contributed by atoms with Crippen molar-refractivity contribution < 1.29 is 0 Å². The molecule has 4 aromatic rings. The number of benzene rings is 2. The summed E-state index contributed by atoms with van der Waals surface area (Å²) in [6.07, 6.45) is 7.22. The van der Waals surface area contributed by atoms with Gasteiger partial charge in [-0.15, -0.1) is 0 Å². The molecule has 0 spiro atoms. The summed E-state index contributed by atoms with van der Waals surface area (Å²) in [5.74, 6) is 1.38. The van der Waals surface area contributed by atoms with E-state index in [9.17, 15) is 5.26 Å². The van der Waals surface area contributed by atoms with E-state index in [0.29, 0.717) is 11.4 Å². The third kappa shape index (κ3) is 2.92. The number of imidazole rings is 1. The number of hydrogen-bond acceptors (Lipinski definition) is 5. The molecule has 1 unspecified atom stereocenters. The number of aryl methyl sites for hydroxylation is 1. The molecule has 0 saturated heterocycles. The summed E-state index contributed by atoms with van der Waals surface area (Å²) < 4.78 is 2.96. The zero-order chi connectivity index (χ0) is 19.1. The van der Waals surface area contributed by atoms with Gasteiger partial charge in [0.15, 0.2) is 5.82 Å². The van der Waals surface area contributed by atoms with E-state index < -0.39 is 0 Å². The molecule has 2 aromatic heterocycles. The number of nitrogens with zero attached hydrogens (tertiary/aromatic N) is 5. The predicted octanol–water partition coefficient (Wildman–Crippen LogP) is 4.55. The Kier molecular flexibility index (Phi) is 4.06. The lowest BCUT2D eigenvalue weighted by Gasteiger charge is -2.15. The summed E-state index contributed by atoms with van der Waals surface area (Å²) in [4.78, 5) is 13.5. The van der Waals surface area contributed by atoms with Crippen LogP contribution in [-0.2, 0) is 6.42 Å². The van der Waals surface area contributed by atoms with Gasteiger partial charge in [0.1, 0.15) is 12.1 Å². The van der Waals surface area contributed by atoms with Crippen molar-refractivity contribution in [3.8, 4) is 11.9 Å². The van der Waals surface area contributed by atoms with Gasteiger partial charge in [-0.1, -0.05) is 22.0 Å². The van der Waals surface area contributed by atoms with Crippen molar-refractivity contribution in [2.75, 3.05) is 5.32 Å². The van der Waals surface area contributed by atoms with E-state index >= 15 is 0 Å². The maximum atomic E-state index is 9.18. The van der Waals surface area contributed by atoms with Crippen LogP contribution in [0.3, 0.4) is 0 Å². The average Bonchev–Trinajstić information content (AvgIpc) is 3.31. The van der Waals surface area contributed by atoms with Crippen LogP contribution in [0.1, 0.15) is 29.2 Å². The standard InChI is InChI=1S/C21H15BrN6/c22-15-3-4-16-14(8-15)2-6-17(16)26-20-10-24-11-21(27-20)28-12-25-18-5-1-13(9-23)7-19(18)28/h1,3-5,7-8,10-12,17H,2,6H2,(H,26,27). The Morgan fingerprint density at radius 2 is 2.11 bits per heavy atom. The number of nitrogens with one attached hydrogen (secondary N) is 1. The fourth-order valence-corrected chi connectivity index (χ4v) is 4.12. The molecule has 7 heteroatoms. The highest BCUT2D eigenvalue weighted by Gasteiger charge is 2.23. The van der Waals surface area contributed by atoms with Crippen molar-refractivity contribution in [3.05, 3.63) is 76.3 Å². The Bertz CT molecular complexity index is 1240. The normalized spacial score (nSPS) is 15.4. The van der Waals surface area contributed by atoms with E-state index in [4.69, 9.17) is 4.98 Å². The lowest BCUT2D eigenvalue weighted by atomic mass is 10.1. The number of anilines is 1. The van der Waals surface area contributed by atoms with Gasteiger partial charge in [0.2, 0.25) is 0 Å². The van der Waals surface area contributed by atoms with Crippen molar-refractivity contribution in [3.63, 3.8) is 0 Å². The largest absolute Gasteiger partial charge is 0.362 e. The zero-order valence-electron chi connectivity index (χ0n) is 14.8. The van der Waals surface area contributed by atoms with Gasteiger partial charge in [-0.05, 0) is 54.3 Å². The zero-order valence-corrected chi connectivity index (χ0v) is 16.4. The van der Waals surface area contributed by atoms with Crippen molar-refractivity contribution in [2.45, 2.75) is 18.9 Å². The van der Waals surface area contributed by atoms with Crippen molar-refractivity contribution in [1.29, 1.82) is 5.26 Å². The third-order valence-electron chi connectivity index (χ3n) is 5.05. The molecular formula is C21H15BrN6. The second kappa shape index (κ2) is 6.73. The Morgan fingerprint density at radius 3 is 3.00 bits per heavy atom. The van der Waals surface area contributed by atoms with Gasteiger partial charge in [0, 0.05) is 4.47 Å². The summed E-state index contributed by atoms with van der Waals surface area (Å²) >= 11 is 3.54. The van der Waals surface area contributed by atoms with E-state index in [0.717, 1.165) is 34.2 Å². The van der Waals surface area contributed by atoms with E-state index in [-0.39, 0.29) is 6.04 Å². The van der Waals surface area contributed by atoms with E-state index in [1.807, 2.05) is 16.7 Å². The first-order valence-electron chi connectivity index (χ1n) is 8.96. The molecule has 0 saturated carbocycles. The Hall–Kier alpha value is -3.24. The summed E-state index contributed by atoms with van der Waals surface area (Å²) in [5, 5.41) is 12.7. The number of fused-ring (bicyclic) bond motifs is 2. The Labute approximate surface area is 170 Å². The van der Waals surface area contributed by atoms with Gasteiger partial charge in [-0.3, -0.25) is 9.55 Å². The minimum atomic E-state index is 0.220. The van der Waals surface area contributed by atoms with Gasteiger partial charge in [0.25, 0.3) is 0 Å². The van der Waals surface area contributed by atoms with E-state index in [1.165, 1.54) is 11.1 Å². The fourth-order valence-electron chi connectivity index (χ4n) is 3.72. The van der Waals surface area contributed by atoms with Crippen LogP contribution in [0.25, 0.3) is 16.9 Å². The summed E-state index contributed by atoms with van der Waals surface area (Å²) in [6, 6.07) is 14.2. The lowest BCUT2D eigenvalue weighted by molar-refractivity contribution is 0.755. The second-order valence-corrected chi connectivity index (χ2v) is 7.69. The molecule has 1 N–H and O–H groups in total. The molecule has 136 valence electrons. The summed E-state index contributed by atoms with van der Waals surface area (Å²) in [7, 11) is 0. The van der Waals surface area contributed by atoms with Crippen LogP contribution in [-0.4, -0.2) is 19.5 Å². The Balaban J connectivity index is 1.48. The molecule has 1 atom stereocenters. The first-order chi connectivity index (χ1) is 13.7. The van der Waals surface area contributed by atoms with Crippen molar-refractivity contribution >= 4 is 32.8 Å². The molecule has 0 amide bonds. The maximum Gasteiger partial charge on any atom is 0.159 e. The van der Waals surface area contributed by atoms with Crippen LogP contribution in [0.15, 0.2) is 59.6 Å². The van der Waals surface area contributed by atoms with Crippen LogP contribution >= 0.6 is 15.9 Å². The molecule has 1 aliphatic carbocycles. The molecule has 6 nitrogen and oxygen atoms in total. The highest BCUT2D eigenvalue weighted by molar-refractivity contribution is 9.10. The lowest BCUT2D eigenvalue weighted by Crippen LogP contribution is -2.10. The van der Waals surface area contributed by atoms with Crippen LogP contribution in [0.4, 0.5) is 5.82 Å². The minimum Gasteiger partial charge on any atom is -0.362 e. The second-order valence-electron chi connectivity index (χ2n) is 6.77. The molecule has 1 aliphatic rings. The third-order valence-corrected chi connectivity index (χ3v) is 5.54. The molecule has 0 aliphatic heterocycles. The van der Waals surface area contributed by atoms with E-state index in [1.54, 1.807) is 24.8 Å². The molecule has 0 fully saturated rings. The number of hydrogen-bond donors (Lipinski definition) is 1. The molecule has 2 heterocycles. The monoisotopic (exact) mass is 430 g/mol. The minimum absolute atomic E-state index is 0.220. The van der Waals surface area contributed by atoms with Crippen LogP contribution in [0.5, 0.6) is 0 Å². The van der Waals surface area contributed by atoms with Crippen molar-refractivity contribution in [1.82, 2.24) is 19.5 Å². The predicted molar refractivity (Wildman–Crippen MR) is 110 cm³/mol. The number of rotatable bonds is 3. The molecule has 5 rings (SSSR count). The Morgan fingerprint density at radius 1 is 1.18 bits per heavy atom. The van der Waals surface area contributed by atoms with E-state index in [2.05, 4.69) is 55.5 Å². The van der Waals surface area contributed by atoms with Gasteiger partial charge < -0.3 is 5.32 Å². The van der Waals surface area contributed by atoms with Gasteiger partial charge in [-0.2, -0.15) is 5.26 Å². The smallest absolute Gasteiger partial charge is 0.159 e. The highest BCUT2D eigenvalue weighted by atomic mass is 79.9. The molecule has 0 bridgehead atoms. The quantitative estimate of drug-likeness (QED) is 0.515.